The molecule has 2 bridgehead atoms. The predicted octanol–water partition coefficient (Wildman–Crippen LogP) is 4.07. The molecule has 1 fully saturated rings. The molecule has 0 spiro atoms. The summed E-state index contributed by atoms with van der Waals surface area (Å²) in [5.41, 5.74) is 3.52. The van der Waals surface area contributed by atoms with E-state index in [9.17, 15) is 4.79 Å². The van der Waals surface area contributed by atoms with Crippen LogP contribution in [0.3, 0.4) is 0 Å². The first-order valence-corrected chi connectivity index (χ1v) is 7.93. The second kappa shape index (κ2) is 4.75. The molecular weight excluding hydrogens is 288 g/mol. The molecule has 1 saturated heterocycles. The van der Waals surface area contributed by atoms with Crippen LogP contribution in [0.25, 0.3) is 0 Å². The molecule has 2 aromatic rings. The van der Waals surface area contributed by atoms with Crippen molar-refractivity contribution < 1.29 is 9.53 Å². The fourth-order valence-electron chi connectivity index (χ4n) is 3.79. The van der Waals surface area contributed by atoms with E-state index in [1.165, 1.54) is 0 Å². The van der Waals surface area contributed by atoms with Gasteiger partial charge in [-0.25, -0.2) is 4.79 Å². The zero-order chi connectivity index (χ0) is 16.2. The van der Waals surface area contributed by atoms with Gasteiger partial charge in [0.15, 0.2) is 5.72 Å². The van der Waals surface area contributed by atoms with Crippen molar-refractivity contribution in [2.75, 3.05) is 4.90 Å². The molecule has 2 amide bonds. The summed E-state index contributed by atoms with van der Waals surface area (Å²) in [7, 11) is 0. The fraction of sp³-hybridized carbons (Fsp3) is 0.316. The molecule has 0 saturated carbocycles. The smallest absolute Gasteiger partial charge is 0.325 e. The number of carbonyl (C=O) groups excluding carboxylic acids is 1. The lowest BCUT2D eigenvalue weighted by molar-refractivity contribution is 0.0379. The molecule has 4 nitrogen and oxygen atoms in total. The minimum Gasteiger partial charge on any atom is -0.467 e. The van der Waals surface area contributed by atoms with Gasteiger partial charge in [0.1, 0.15) is 5.75 Å². The predicted molar refractivity (Wildman–Crippen MR) is 89.8 cm³/mol. The van der Waals surface area contributed by atoms with Crippen molar-refractivity contribution in [1.82, 2.24) is 5.32 Å². The number of ether oxygens (including phenoxy) is 1. The third-order valence-corrected chi connectivity index (χ3v) is 4.65. The number of carbonyl (C=O) groups is 1. The Labute approximate surface area is 136 Å². The lowest BCUT2D eigenvalue weighted by Crippen LogP contribution is -2.65. The number of aryl methyl sites for hydroxylation is 2. The van der Waals surface area contributed by atoms with Gasteiger partial charge in [0.05, 0.1) is 6.04 Å². The van der Waals surface area contributed by atoms with Gasteiger partial charge in [-0.3, -0.25) is 4.90 Å². The van der Waals surface area contributed by atoms with Crippen molar-refractivity contribution in [1.29, 1.82) is 0 Å². The maximum atomic E-state index is 12.8. The van der Waals surface area contributed by atoms with Gasteiger partial charge in [0, 0.05) is 17.7 Å². The van der Waals surface area contributed by atoms with Crippen LogP contribution in [0.4, 0.5) is 10.5 Å². The van der Waals surface area contributed by atoms with Crippen LogP contribution in [0.15, 0.2) is 42.5 Å². The van der Waals surface area contributed by atoms with E-state index in [1.54, 1.807) is 4.90 Å². The number of hydrogen-bond acceptors (Lipinski definition) is 2. The Morgan fingerprint density at radius 2 is 1.87 bits per heavy atom. The molecule has 2 aliphatic heterocycles. The zero-order valence-corrected chi connectivity index (χ0v) is 13.6. The Morgan fingerprint density at radius 3 is 2.61 bits per heavy atom. The Balaban J connectivity index is 1.82. The van der Waals surface area contributed by atoms with E-state index >= 15 is 0 Å². The Hall–Kier alpha value is -2.49. The molecule has 2 heterocycles. The van der Waals surface area contributed by atoms with E-state index < -0.39 is 5.72 Å². The van der Waals surface area contributed by atoms with Gasteiger partial charge in [0.2, 0.25) is 0 Å². The van der Waals surface area contributed by atoms with Gasteiger partial charge < -0.3 is 10.1 Å². The molecule has 4 rings (SSSR count). The summed E-state index contributed by atoms with van der Waals surface area (Å²) in [5.74, 6) is 0.848. The molecule has 2 unspecified atom stereocenters. The second-order valence-corrected chi connectivity index (χ2v) is 6.70. The van der Waals surface area contributed by atoms with Gasteiger partial charge in [-0.15, -0.1) is 0 Å². The van der Waals surface area contributed by atoms with Crippen LogP contribution in [0.2, 0.25) is 0 Å². The quantitative estimate of drug-likeness (QED) is 0.862. The Kier molecular flexibility index (Phi) is 2.92. The largest absolute Gasteiger partial charge is 0.467 e. The zero-order valence-electron chi connectivity index (χ0n) is 13.6. The average Bonchev–Trinajstić information content (AvgIpc) is 2.45. The van der Waals surface area contributed by atoms with Crippen molar-refractivity contribution >= 4 is 11.7 Å². The van der Waals surface area contributed by atoms with Crippen molar-refractivity contribution in [2.45, 2.75) is 39.0 Å². The van der Waals surface area contributed by atoms with E-state index in [2.05, 4.69) is 11.4 Å². The molecule has 2 aromatic carbocycles. The highest BCUT2D eigenvalue weighted by Gasteiger charge is 2.49. The standard InChI is InChI=1S/C19H20N2O2/c1-12-8-13(2)10-14(9-12)21-18(22)20-16-11-19(21,3)23-17-7-5-4-6-15(16)17/h4-10,16H,11H2,1-3H3,(H,20,22). The van der Waals surface area contributed by atoms with Crippen LogP contribution < -0.4 is 15.0 Å². The Morgan fingerprint density at radius 1 is 1.17 bits per heavy atom. The first-order valence-electron chi connectivity index (χ1n) is 7.93. The summed E-state index contributed by atoms with van der Waals surface area (Å²) in [6, 6.07) is 14.0. The lowest BCUT2D eigenvalue weighted by atomic mass is 9.90. The third kappa shape index (κ3) is 2.17. The van der Waals surface area contributed by atoms with Crippen molar-refractivity contribution in [3.05, 3.63) is 59.2 Å². The first kappa shape index (κ1) is 14.1. The summed E-state index contributed by atoms with van der Waals surface area (Å²) in [5, 5.41) is 3.12. The minimum absolute atomic E-state index is 0.000365. The summed E-state index contributed by atoms with van der Waals surface area (Å²) < 4.78 is 6.27. The number of hydrogen-bond donors (Lipinski definition) is 1. The maximum absolute atomic E-state index is 12.8. The second-order valence-electron chi connectivity index (χ2n) is 6.70. The normalized spacial score (nSPS) is 25.4. The number of nitrogens with one attached hydrogen (secondary N) is 1. The van der Waals surface area contributed by atoms with Gasteiger partial charge in [-0.05, 0) is 50.1 Å². The van der Waals surface area contributed by atoms with Crippen LogP contribution in [0, 0.1) is 13.8 Å². The summed E-state index contributed by atoms with van der Waals surface area (Å²) >= 11 is 0. The number of para-hydroxylation sites is 1. The van der Waals surface area contributed by atoms with Gasteiger partial charge in [-0.1, -0.05) is 24.3 Å². The van der Waals surface area contributed by atoms with E-state index in [0.717, 1.165) is 34.5 Å². The van der Waals surface area contributed by atoms with Gasteiger partial charge in [0.25, 0.3) is 0 Å². The summed E-state index contributed by atoms with van der Waals surface area (Å²) in [4.78, 5) is 14.5. The molecule has 1 N–H and O–H groups in total. The molecule has 0 aliphatic carbocycles. The van der Waals surface area contributed by atoms with Crippen LogP contribution in [-0.2, 0) is 0 Å². The van der Waals surface area contributed by atoms with Crippen molar-refractivity contribution in [2.24, 2.45) is 0 Å². The lowest BCUT2D eigenvalue weighted by Gasteiger charge is -2.50. The van der Waals surface area contributed by atoms with Crippen LogP contribution >= 0.6 is 0 Å². The number of fused-ring (bicyclic) bond motifs is 4. The monoisotopic (exact) mass is 308 g/mol. The highest BCUT2D eigenvalue weighted by Crippen LogP contribution is 2.45. The number of rotatable bonds is 1. The summed E-state index contributed by atoms with van der Waals surface area (Å²) in [6.07, 6.45) is 0.725. The Bertz CT molecular complexity index is 781. The van der Waals surface area contributed by atoms with Gasteiger partial charge in [-0.2, -0.15) is 0 Å². The minimum atomic E-state index is -0.679. The van der Waals surface area contributed by atoms with Crippen molar-refractivity contribution in [3.8, 4) is 5.75 Å². The van der Waals surface area contributed by atoms with E-state index in [0.29, 0.717) is 0 Å². The molecule has 0 radical (unpaired) electrons. The van der Waals surface area contributed by atoms with E-state index in [1.807, 2.05) is 57.2 Å². The van der Waals surface area contributed by atoms with Crippen LogP contribution in [-0.4, -0.2) is 11.8 Å². The van der Waals surface area contributed by atoms with Crippen LogP contribution in [0.5, 0.6) is 5.75 Å². The highest BCUT2D eigenvalue weighted by molar-refractivity contribution is 5.95. The topological polar surface area (TPSA) is 41.6 Å². The fourth-order valence-corrected chi connectivity index (χ4v) is 3.79. The number of urea groups is 1. The molecular formula is C19H20N2O2. The number of amides is 2. The molecule has 118 valence electrons. The molecule has 2 aliphatic rings. The van der Waals surface area contributed by atoms with Crippen LogP contribution in [0.1, 0.15) is 36.1 Å². The third-order valence-electron chi connectivity index (χ3n) is 4.65. The number of nitrogens with zero attached hydrogens (tertiary/aromatic N) is 1. The first-order chi connectivity index (χ1) is 11.0. The van der Waals surface area contributed by atoms with Crippen molar-refractivity contribution in [3.63, 3.8) is 0 Å². The SMILES string of the molecule is Cc1cc(C)cc(N2C(=O)NC3CC2(C)Oc2ccccc23)c1. The summed E-state index contributed by atoms with van der Waals surface area (Å²) in [6.45, 7) is 6.08. The molecule has 4 heteroatoms. The molecule has 0 aromatic heterocycles. The molecule has 23 heavy (non-hydrogen) atoms. The maximum Gasteiger partial charge on any atom is 0.325 e. The van der Waals surface area contributed by atoms with E-state index in [-0.39, 0.29) is 12.1 Å². The number of benzene rings is 2. The average molecular weight is 308 g/mol. The molecule has 2 atom stereocenters. The van der Waals surface area contributed by atoms with E-state index in [4.69, 9.17) is 4.74 Å². The highest BCUT2D eigenvalue weighted by atomic mass is 16.5. The number of anilines is 1. The van der Waals surface area contributed by atoms with Gasteiger partial charge >= 0.3 is 6.03 Å².